The fourth-order valence-electron chi connectivity index (χ4n) is 1.29. The summed E-state index contributed by atoms with van der Waals surface area (Å²) in [6.45, 7) is 7.77. The highest BCUT2D eigenvalue weighted by Crippen LogP contribution is 2.23. The van der Waals surface area contributed by atoms with Crippen LogP contribution in [0.2, 0.25) is 0 Å². The maximum atomic E-state index is 3.49. The van der Waals surface area contributed by atoms with E-state index < -0.39 is 0 Å². The topological polar surface area (TPSA) is 12.0 Å². The van der Waals surface area contributed by atoms with E-state index in [-0.39, 0.29) is 0 Å². The molecule has 0 aliphatic carbocycles. The Morgan fingerprint density at radius 2 is 2.06 bits per heavy atom. The van der Waals surface area contributed by atoms with Crippen molar-refractivity contribution in [2.45, 2.75) is 31.7 Å². The fraction of sp³-hybridized carbons (Fsp3) is 0.538. The maximum Gasteiger partial charge on any atom is 0.0186 e. The Labute approximate surface area is 112 Å². The molecule has 1 aromatic rings. The van der Waals surface area contributed by atoms with Crippen molar-refractivity contribution < 1.29 is 0 Å². The van der Waals surface area contributed by atoms with Crippen molar-refractivity contribution >= 4 is 27.7 Å². The highest BCUT2D eigenvalue weighted by atomic mass is 79.9. The molecule has 1 N–H and O–H groups in total. The van der Waals surface area contributed by atoms with Crippen LogP contribution in [0.4, 0.5) is 0 Å². The molecule has 1 nitrogen and oxygen atoms in total. The van der Waals surface area contributed by atoms with Gasteiger partial charge in [-0.15, -0.1) is 11.8 Å². The Bertz CT molecular complexity index is 315. The highest BCUT2D eigenvalue weighted by Gasteiger charge is 2.04. The smallest absolute Gasteiger partial charge is 0.0186 e. The van der Waals surface area contributed by atoms with Gasteiger partial charge in [0.05, 0.1) is 0 Å². The first-order valence-electron chi connectivity index (χ1n) is 5.69. The molecule has 3 heteroatoms. The molecule has 1 atom stereocenters. The third kappa shape index (κ3) is 5.92. The third-order valence-electron chi connectivity index (χ3n) is 2.21. The van der Waals surface area contributed by atoms with Gasteiger partial charge in [0.25, 0.3) is 0 Å². The molecule has 0 saturated heterocycles. The van der Waals surface area contributed by atoms with E-state index in [9.17, 15) is 0 Å². The molecule has 0 spiro atoms. The summed E-state index contributed by atoms with van der Waals surface area (Å²) in [5.74, 6) is 1.86. The predicted octanol–water partition coefficient (Wildman–Crippen LogP) is 4.18. The van der Waals surface area contributed by atoms with Crippen LogP contribution < -0.4 is 5.32 Å². The second kappa shape index (κ2) is 7.36. The van der Waals surface area contributed by atoms with Crippen molar-refractivity contribution in [3.8, 4) is 0 Å². The quantitative estimate of drug-likeness (QED) is 0.791. The molecule has 16 heavy (non-hydrogen) atoms. The number of hydrogen-bond acceptors (Lipinski definition) is 2. The lowest BCUT2D eigenvalue weighted by atomic mass is 10.2. The standard InChI is InChI=1S/C13H20BrNS/c1-10(2)15-8-11(3)9-16-13-6-4-5-12(14)7-13/h4-7,10-11,15H,8-9H2,1-3H3. The van der Waals surface area contributed by atoms with Crippen LogP contribution in [0, 0.1) is 5.92 Å². The molecule has 0 radical (unpaired) electrons. The summed E-state index contributed by atoms with van der Waals surface area (Å²) in [6.07, 6.45) is 0. The summed E-state index contributed by atoms with van der Waals surface area (Å²) in [5, 5.41) is 3.47. The number of halogens is 1. The summed E-state index contributed by atoms with van der Waals surface area (Å²) in [5.41, 5.74) is 0. The van der Waals surface area contributed by atoms with E-state index in [1.807, 2.05) is 11.8 Å². The minimum absolute atomic E-state index is 0.582. The van der Waals surface area contributed by atoms with Crippen LogP contribution in [-0.2, 0) is 0 Å². The van der Waals surface area contributed by atoms with Crippen molar-refractivity contribution in [2.75, 3.05) is 12.3 Å². The van der Waals surface area contributed by atoms with Gasteiger partial charge in [0.2, 0.25) is 0 Å². The van der Waals surface area contributed by atoms with E-state index in [1.54, 1.807) is 0 Å². The van der Waals surface area contributed by atoms with E-state index in [0.29, 0.717) is 12.0 Å². The monoisotopic (exact) mass is 301 g/mol. The minimum atomic E-state index is 0.582. The third-order valence-corrected chi connectivity index (χ3v) is 4.02. The number of nitrogens with one attached hydrogen (secondary N) is 1. The normalized spacial score (nSPS) is 13.1. The number of hydrogen-bond donors (Lipinski definition) is 1. The minimum Gasteiger partial charge on any atom is -0.314 e. The number of benzene rings is 1. The molecule has 1 aromatic carbocycles. The maximum absolute atomic E-state index is 3.49. The Kier molecular flexibility index (Phi) is 6.47. The van der Waals surface area contributed by atoms with Crippen LogP contribution >= 0.6 is 27.7 Å². The Hall–Kier alpha value is 0.01000. The first-order valence-corrected chi connectivity index (χ1v) is 7.47. The molecule has 0 bridgehead atoms. The van der Waals surface area contributed by atoms with Gasteiger partial charge in [0.1, 0.15) is 0 Å². The van der Waals surface area contributed by atoms with Gasteiger partial charge in [0.15, 0.2) is 0 Å². The van der Waals surface area contributed by atoms with Crippen LogP contribution in [0.15, 0.2) is 33.6 Å². The Morgan fingerprint density at radius 1 is 1.31 bits per heavy atom. The Morgan fingerprint density at radius 3 is 2.69 bits per heavy atom. The lowest BCUT2D eigenvalue weighted by molar-refractivity contribution is 0.510. The molecule has 0 fully saturated rings. The van der Waals surface area contributed by atoms with Crippen molar-refractivity contribution in [1.29, 1.82) is 0 Å². The summed E-state index contributed by atoms with van der Waals surface area (Å²) in [4.78, 5) is 1.34. The van der Waals surface area contributed by atoms with Gasteiger partial charge in [-0.2, -0.15) is 0 Å². The summed E-state index contributed by atoms with van der Waals surface area (Å²) < 4.78 is 1.16. The SMILES string of the molecule is CC(CNC(C)C)CSc1cccc(Br)c1. The lowest BCUT2D eigenvalue weighted by Gasteiger charge is -2.14. The van der Waals surface area contributed by atoms with Crippen LogP contribution in [0.25, 0.3) is 0 Å². The molecule has 0 aromatic heterocycles. The number of thioether (sulfide) groups is 1. The van der Waals surface area contributed by atoms with Gasteiger partial charge in [-0.3, -0.25) is 0 Å². The van der Waals surface area contributed by atoms with Gasteiger partial charge in [-0.05, 0) is 30.7 Å². The predicted molar refractivity (Wildman–Crippen MR) is 77.2 cm³/mol. The van der Waals surface area contributed by atoms with Gasteiger partial charge < -0.3 is 5.32 Å². The molecule has 0 heterocycles. The molecule has 0 aliphatic rings. The molecule has 1 rings (SSSR count). The lowest BCUT2D eigenvalue weighted by Crippen LogP contribution is -2.28. The van der Waals surface area contributed by atoms with Crippen molar-refractivity contribution in [1.82, 2.24) is 5.32 Å². The first-order chi connectivity index (χ1) is 7.58. The largest absolute Gasteiger partial charge is 0.314 e. The average Bonchev–Trinajstić information content (AvgIpc) is 2.23. The fourth-order valence-corrected chi connectivity index (χ4v) is 2.82. The van der Waals surface area contributed by atoms with Gasteiger partial charge >= 0.3 is 0 Å². The van der Waals surface area contributed by atoms with E-state index in [1.165, 1.54) is 4.90 Å². The van der Waals surface area contributed by atoms with Crippen LogP contribution in [-0.4, -0.2) is 18.3 Å². The zero-order valence-electron chi connectivity index (χ0n) is 10.2. The van der Waals surface area contributed by atoms with E-state index in [2.05, 4.69) is 66.3 Å². The molecule has 0 amide bonds. The first kappa shape index (κ1) is 14.1. The molecule has 90 valence electrons. The summed E-state index contributed by atoms with van der Waals surface area (Å²) in [6, 6.07) is 9.07. The number of rotatable bonds is 6. The van der Waals surface area contributed by atoms with Crippen LogP contribution in [0.1, 0.15) is 20.8 Å². The zero-order valence-corrected chi connectivity index (χ0v) is 12.6. The van der Waals surface area contributed by atoms with E-state index in [0.717, 1.165) is 16.8 Å². The molecular formula is C13H20BrNS. The highest BCUT2D eigenvalue weighted by molar-refractivity contribution is 9.10. The van der Waals surface area contributed by atoms with Crippen LogP contribution in [0.3, 0.4) is 0 Å². The van der Waals surface area contributed by atoms with Crippen molar-refractivity contribution in [2.24, 2.45) is 5.92 Å². The summed E-state index contributed by atoms with van der Waals surface area (Å²) >= 11 is 5.42. The van der Waals surface area contributed by atoms with Gasteiger partial charge in [-0.1, -0.05) is 42.8 Å². The van der Waals surface area contributed by atoms with Crippen molar-refractivity contribution in [3.63, 3.8) is 0 Å². The molecule has 0 aliphatic heterocycles. The zero-order chi connectivity index (χ0) is 12.0. The van der Waals surface area contributed by atoms with E-state index in [4.69, 9.17) is 0 Å². The van der Waals surface area contributed by atoms with Gasteiger partial charge in [-0.25, -0.2) is 0 Å². The molecule has 1 unspecified atom stereocenters. The average molecular weight is 302 g/mol. The van der Waals surface area contributed by atoms with Gasteiger partial charge in [0, 0.05) is 21.2 Å². The Balaban J connectivity index is 2.28. The van der Waals surface area contributed by atoms with Crippen LogP contribution in [0.5, 0.6) is 0 Å². The second-order valence-electron chi connectivity index (χ2n) is 4.44. The summed E-state index contributed by atoms with van der Waals surface area (Å²) in [7, 11) is 0. The molecular weight excluding hydrogens is 282 g/mol. The second-order valence-corrected chi connectivity index (χ2v) is 6.45. The van der Waals surface area contributed by atoms with Crippen molar-refractivity contribution in [3.05, 3.63) is 28.7 Å². The van der Waals surface area contributed by atoms with E-state index >= 15 is 0 Å². The molecule has 0 saturated carbocycles.